The number of carbonyl (C=O) groups is 1. The van der Waals surface area contributed by atoms with Gasteiger partial charge >= 0.3 is 0 Å². The van der Waals surface area contributed by atoms with Crippen LogP contribution < -0.4 is 9.62 Å². The maximum absolute atomic E-state index is 14.9. The first kappa shape index (κ1) is 40.1. The van der Waals surface area contributed by atoms with Gasteiger partial charge in [-0.05, 0) is 86.7 Å². The van der Waals surface area contributed by atoms with Crippen molar-refractivity contribution in [3.63, 3.8) is 0 Å². The Morgan fingerprint density at radius 2 is 1.72 bits per heavy atom. The van der Waals surface area contributed by atoms with E-state index in [1.54, 1.807) is 36.2 Å². The predicted octanol–water partition coefficient (Wildman–Crippen LogP) is 13.0. The largest absolute Gasteiger partial charge is 0.322 e. The number of hydrogen-bond acceptors (Lipinski definition) is 4. The molecule has 0 saturated carbocycles. The van der Waals surface area contributed by atoms with Crippen LogP contribution in [0.15, 0.2) is 84.9 Å². The van der Waals surface area contributed by atoms with E-state index >= 15 is 0 Å². The minimum atomic E-state index is -0.537. The van der Waals surface area contributed by atoms with Crippen molar-refractivity contribution >= 4 is 63.3 Å². The summed E-state index contributed by atoms with van der Waals surface area (Å²) in [5, 5.41) is 4.35. The second-order valence-corrected chi connectivity index (χ2v) is 12.8. The van der Waals surface area contributed by atoms with Crippen LogP contribution in [0.5, 0.6) is 0 Å². The number of fused-ring (bicyclic) bond motifs is 1. The van der Waals surface area contributed by atoms with Gasteiger partial charge in [0.15, 0.2) is 0 Å². The second kappa shape index (κ2) is 23.3. The Hall–Kier alpha value is -3.06. The minimum Gasteiger partial charge on any atom is -0.322 e. The second-order valence-electron chi connectivity index (χ2n) is 10.8. The van der Waals surface area contributed by atoms with Crippen molar-refractivity contribution in [2.45, 2.75) is 79.6 Å². The molecular formula is C39H50Cl2FN3OS. The van der Waals surface area contributed by atoms with Crippen LogP contribution in [0.3, 0.4) is 0 Å². The number of anilines is 2. The van der Waals surface area contributed by atoms with E-state index in [0.717, 1.165) is 47.6 Å². The highest BCUT2D eigenvalue weighted by Gasteiger charge is 2.17. The van der Waals surface area contributed by atoms with Crippen molar-refractivity contribution in [2.24, 2.45) is 0 Å². The van der Waals surface area contributed by atoms with Crippen LogP contribution in [-0.4, -0.2) is 29.1 Å². The fourth-order valence-corrected chi connectivity index (χ4v) is 5.91. The summed E-state index contributed by atoms with van der Waals surface area (Å²) in [5.74, 6) is 0.701. The van der Waals surface area contributed by atoms with Gasteiger partial charge in [-0.15, -0.1) is 11.6 Å². The molecule has 3 aromatic carbocycles. The molecule has 1 fully saturated rings. The lowest BCUT2D eigenvalue weighted by atomic mass is 10.1. The van der Waals surface area contributed by atoms with E-state index < -0.39 is 11.7 Å². The Kier molecular flexibility index (Phi) is 19.9. The first-order valence-corrected chi connectivity index (χ1v) is 18.5. The molecule has 0 unspecified atom stereocenters. The van der Waals surface area contributed by atoms with Crippen LogP contribution >= 0.6 is 35.1 Å². The van der Waals surface area contributed by atoms with Crippen LogP contribution in [0.2, 0.25) is 5.02 Å². The van der Waals surface area contributed by atoms with Crippen molar-refractivity contribution in [1.82, 2.24) is 4.98 Å². The monoisotopic (exact) mass is 697 g/mol. The Bertz CT molecular complexity index is 1520. The summed E-state index contributed by atoms with van der Waals surface area (Å²) >= 11 is 13.2. The van der Waals surface area contributed by atoms with E-state index in [1.165, 1.54) is 38.2 Å². The van der Waals surface area contributed by atoms with Crippen LogP contribution in [0.1, 0.15) is 89.9 Å². The average Bonchev–Trinajstić information content (AvgIpc) is 3.37. The van der Waals surface area contributed by atoms with Crippen LogP contribution in [0.25, 0.3) is 22.2 Å². The predicted molar refractivity (Wildman–Crippen MR) is 207 cm³/mol. The molecular weight excluding hydrogens is 648 g/mol. The lowest BCUT2D eigenvalue weighted by Crippen LogP contribution is -2.17. The number of halogens is 3. The number of benzene rings is 3. The van der Waals surface area contributed by atoms with E-state index in [0.29, 0.717) is 22.0 Å². The molecule has 1 amide bonds. The molecule has 1 N–H and O–H groups in total. The summed E-state index contributed by atoms with van der Waals surface area (Å²) < 4.78 is 17.0. The molecule has 4 nitrogen and oxygen atoms in total. The van der Waals surface area contributed by atoms with Crippen LogP contribution in [-0.2, 0) is 0 Å². The number of carbonyl (C=O) groups excluding carboxylic acids is 1. The Labute approximate surface area is 296 Å². The molecule has 0 aliphatic carbocycles. The summed E-state index contributed by atoms with van der Waals surface area (Å²) in [7, 11) is 0. The molecule has 0 atom stereocenters. The topological polar surface area (TPSA) is 45.2 Å². The normalized spacial score (nSPS) is 12.6. The number of nitrogens with one attached hydrogen (secondary N) is 1. The minimum absolute atomic E-state index is 0.00361. The SMILES string of the molecule is C/C=C\CC.CCCCC.CCCl.O=C(Nc1ccc(Cl)c(-c2ccc3ccccc3n2)c1)c1ccc(N2CCCCCS2)cc1F. The highest BCUT2D eigenvalue weighted by Crippen LogP contribution is 2.32. The fraction of sp³-hybridized carbons (Fsp3) is 0.385. The number of aromatic nitrogens is 1. The molecule has 5 rings (SSSR count). The molecule has 0 spiro atoms. The third-order valence-electron chi connectivity index (χ3n) is 7.02. The van der Waals surface area contributed by atoms with Crippen molar-refractivity contribution in [3.8, 4) is 11.3 Å². The average molecular weight is 699 g/mol. The summed E-state index contributed by atoms with van der Waals surface area (Å²) in [5.41, 5.74) is 3.56. The highest BCUT2D eigenvalue weighted by molar-refractivity contribution is 8.00. The number of pyridine rings is 1. The summed E-state index contributed by atoms with van der Waals surface area (Å²) in [4.78, 5) is 17.6. The molecule has 0 bridgehead atoms. The number of unbranched alkanes of at least 4 members (excludes halogenated alkanes) is 2. The molecule has 1 aliphatic rings. The van der Waals surface area contributed by atoms with Gasteiger partial charge in [0.1, 0.15) is 5.82 Å². The first-order valence-electron chi connectivity index (χ1n) is 16.7. The quantitative estimate of drug-likeness (QED) is 0.119. The molecule has 47 heavy (non-hydrogen) atoms. The third kappa shape index (κ3) is 13.9. The maximum Gasteiger partial charge on any atom is 0.258 e. The number of allylic oxidation sites excluding steroid dienone is 2. The van der Waals surface area contributed by atoms with Crippen molar-refractivity contribution in [1.29, 1.82) is 0 Å². The van der Waals surface area contributed by atoms with Gasteiger partial charge in [0.2, 0.25) is 0 Å². The van der Waals surface area contributed by atoms with Gasteiger partial charge in [-0.25, -0.2) is 9.37 Å². The van der Waals surface area contributed by atoms with E-state index in [4.69, 9.17) is 28.2 Å². The van der Waals surface area contributed by atoms with E-state index in [2.05, 4.69) is 42.5 Å². The molecule has 0 radical (unpaired) electrons. The van der Waals surface area contributed by atoms with E-state index in [-0.39, 0.29) is 5.56 Å². The molecule has 2 heterocycles. The zero-order valence-electron chi connectivity index (χ0n) is 28.5. The Morgan fingerprint density at radius 1 is 0.979 bits per heavy atom. The molecule has 1 aromatic heterocycles. The van der Waals surface area contributed by atoms with Gasteiger partial charge in [0.05, 0.1) is 21.8 Å². The van der Waals surface area contributed by atoms with E-state index in [1.807, 2.05) is 56.3 Å². The lowest BCUT2D eigenvalue weighted by molar-refractivity contribution is 0.102. The fourth-order valence-electron chi connectivity index (χ4n) is 4.62. The summed E-state index contributed by atoms with van der Waals surface area (Å²) in [6.45, 7) is 11.4. The van der Waals surface area contributed by atoms with Crippen molar-refractivity contribution in [2.75, 3.05) is 27.8 Å². The van der Waals surface area contributed by atoms with Gasteiger partial charge < -0.3 is 9.62 Å². The number of alkyl halides is 1. The van der Waals surface area contributed by atoms with Crippen LogP contribution in [0.4, 0.5) is 15.8 Å². The summed E-state index contributed by atoms with van der Waals surface area (Å²) in [6, 6.07) is 21.7. The number of para-hydroxylation sites is 1. The first-order chi connectivity index (χ1) is 22.8. The highest BCUT2D eigenvalue weighted by atomic mass is 35.5. The molecule has 1 aliphatic heterocycles. The standard InChI is InChI=1S/C27H23ClFN3OS.C5H12.C5H10.C2H5Cl/c28-23-12-9-19(16-22(23)26-13-8-18-6-2-3-7-25(18)31-26)30-27(33)21-11-10-20(17-24(21)29)32-14-4-1-5-15-34-32;2*1-3-5-4-2;1-2-3/h2-3,6-13,16-17H,1,4-5,14-15H2,(H,30,33);3-5H2,1-2H3;3,5H,4H2,1-2H3;2H2,1H3/b;;5-3-;. The number of nitrogens with zero attached hydrogens (tertiary/aromatic N) is 2. The molecule has 8 heteroatoms. The Morgan fingerprint density at radius 3 is 2.36 bits per heavy atom. The maximum atomic E-state index is 14.9. The molecule has 4 aromatic rings. The van der Waals surface area contributed by atoms with Crippen molar-refractivity contribution < 1.29 is 9.18 Å². The zero-order valence-corrected chi connectivity index (χ0v) is 30.8. The lowest BCUT2D eigenvalue weighted by Gasteiger charge is -2.21. The molecule has 254 valence electrons. The van der Waals surface area contributed by atoms with Gasteiger partial charge in [0, 0.05) is 40.5 Å². The van der Waals surface area contributed by atoms with Crippen LogP contribution in [0, 0.1) is 5.82 Å². The Balaban J connectivity index is 0.000000505. The van der Waals surface area contributed by atoms with Gasteiger partial charge in [-0.2, -0.15) is 0 Å². The third-order valence-corrected chi connectivity index (χ3v) is 8.52. The van der Waals surface area contributed by atoms with Gasteiger partial charge in [-0.3, -0.25) is 4.79 Å². The number of hydrogen-bond donors (Lipinski definition) is 1. The zero-order chi connectivity index (χ0) is 34.4. The number of amides is 1. The van der Waals surface area contributed by atoms with Gasteiger partial charge in [0.25, 0.3) is 5.91 Å². The molecule has 1 saturated heterocycles. The van der Waals surface area contributed by atoms with Crippen molar-refractivity contribution in [3.05, 3.63) is 101 Å². The van der Waals surface area contributed by atoms with E-state index in [9.17, 15) is 9.18 Å². The summed E-state index contributed by atoms with van der Waals surface area (Å²) in [6.07, 6.45) is 12.9. The smallest absolute Gasteiger partial charge is 0.258 e. The number of rotatable bonds is 7. The van der Waals surface area contributed by atoms with Gasteiger partial charge in [-0.1, -0.05) is 101 Å².